The number of rotatable bonds is 5. The van der Waals surface area contributed by atoms with E-state index in [1.807, 2.05) is 0 Å². The van der Waals surface area contributed by atoms with Crippen molar-refractivity contribution < 1.29 is 28.3 Å². The summed E-state index contributed by atoms with van der Waals surface area (Å²) in [4.78, 5) is 54.1. The highest BCUT2D eigenvalue weighted by molar-refractivity contribution is 6.01. The molecule has 0 unspecified atom stereocenters. The number of hydrogen-bond acceptors (Lipinski definition) is 7. The molecule has 12 heteroatoms. The van der Waals surface area contributed by atoms with E-state index in [2.05, 4.69) is 20.7 Å². The van der Waals surface area contributed by atoms with E-state index in [0.29, 0.717) is 12.3 Å². The van der Waals surface area contributed by atoms with E-state index in [0.717, 1.165) is 21.8 Å². The molecule has 3 aromatic rings. The Morgan fingerprint density at radius 3 is 2.82 bits per heavy atom. The van der Waals surface area contributed by atoms with Gasteiger partial charge in [-0.1, -0.05) is 6.07 Å². The lowest BCUT2D eigenvalue weighted by Crippen LogP contribution is -2.62. The normalized spacial score (nSPS) is 16.9. The van der Waals surface area contributed by atoms with Gasteiger partial charge in [0.05, 0.1) is 12.6 Å². The molecule has 4 heterocycles. The lowest BCUT2D eigenvalue weighted by atomic mass is 10.1. The summed E-state index contributed by atoms with van der Waals surface area (Å²) >= 11 is 0. The molecule has 168 valence electrons. The summed E-state index contributed by atoms with van der Waals surface area (Å²) in [6.07, 6.45) is 1.05. The summed E-state index contributed by atoms with van der Waals surface area (Å²) in [5.41, 5.74) is 0.830. The first-order valence-electron chi connectivity index (χ1n) is 10.0. The molecule has 2 N–H and O–H groups in total. The molecule has 33 heavy (non-hydrogen) atoms. The molecule has 0 radical (unpaired) electrons. The van der Waals surface area contributed by atoms with Crippen LogP contribution in [-0.4, -0.2) is 62.8 Å². The minimum absolute atomic E-state index is 0.110. The second-order valence-electron chi connectivity index (χ2n) is 7.77. The van der Waals surface area contributed by atoms with Crippen molar-refractivity contribution in [3.8, 4) is 5.75 Å². The van der Waals surface area contributed by atoms with Crippen LogP contribution in [0.3, 0.4) is 0 Å². The number of likely N-dealkylation sites (N-methyl/N-ethyl adjacent to an activating group) is 1. The quantitative estimate of drug-likeness (QED) is 0.312. The molecule has 1 atom stereocenters. The average Bonchev–Trinajstić information content (AvgIpc) is 3.37. The Hall–Kier alpha value is -4.35. The van der Waals surface area contributed by atoms with Crippen molar-refractivity contribution in [3.05, 3.63) is 58.8 Å². The second kappa shape index (κ2) is 7.65. The third-order valence-electron chi connectivity index (χ3n) is 5.47. The number of halogens is 1. The van der Waals surface area contributed by atoms with E-state index in [1.165, 1.54) is 11.0 Å². The highest BCUT2D eigenvalue weighted by atomic mass is 19.1. The van der Waals surface area contributed by atoms with Gasteiger partial charge >= 0.3 is 5.97 Å². The van der Waals surface area contributed by atoms with Crippen LogP contribution in [0.1, 0.15) is 32.1 Å². The Bertz CT molecular complexity index is 1350. The predicted molar refractivity (Wildman–Crippen MR) is 109 cm³/mol. The average molecular weight is 452 g/mol. The van der Waals surface area contributed by atoms with Crippen LogP contribution in [0.15, 0.2) is 30.5 Å². The third-order valence-corrected chi connectivity index (χ3v) is 5.47. The lowest BCUT2D eigenvalue weighted by Gasteiger charge is -2.35. The molecule has 1 aromatic carbocycles. The van der Waals surface area contributed by atoms with Crippen LogP contribution < -0.4 is 15.4 Å². The molecule has 2 aliphatic rings. The first-order chi connectivity index (χ1) is 15.8. The fourth-order valence-corrected chi connectivity index (χ4v) is 3.72. The fourth-order valence-electron chi connectivity index (χ4n) is 3.72. The Kier molecular flexibility index (Phi) is 4.77. The first-order valence-corrected chi connectivity index (χ1v) is 10.0. The van der Waals surface area contributed by atoms with Crippen LogP contribution in [0.25, 0.3) is 5.65 Å². The molecule has 0 saturated carbocycles. The maximum Gasteiger partial charge on any atom is 0.315 e. The molecule has 1 fully saturated rings. The number of fused-ring (bicyclic) bond motifs is 2. The summed E-state index contributed by atoms with van der Waals surface area (Å²) < 4.78 is 20.2. The number of β-lactam (4-membered cyclic amide) rings is 1. The maximum absolute atomic E-state index is 14.2. The van der Waals surface area contributed by atoms with Gasteiger partial charge in [-0.25, -0.2) is 13.9 Å². The van der Waals surface area contributed by atoms with Gasteiger partial charge in [-0.15, -0.1) is 0 Å². The Morgan fingerprint density at radius 1 is 1.24 bits per heavy atom. The number of amides is 3. The molecule has 3 amide bonds. The summed E-state index contributed by atoms with van der Waals surface area (Å²) in [6, 6.07) is 5.59. The van der Waals surface area contributed by atoms with E-state index < -0.39 is 23.7 Å². The van der Waals surface area contributed by atoms with E-state index in [1.54, 1.807) is 25.2 Å². The topological polar surface area (TPSA) is 135 Å². The fraction of sp³-hybridized carbons (Fsp3) is 0.238. The zero-order chi connectivity index (χ0) is 23.3. The largest absolute Gasteiger partial charge is 0.426 e. The van der Waals surface area contributed by atoms with Gasteiger partial charge in [0.15, 0.2) is 11.5 Å². The summed E-state index contributed by atoms with van der Waals surface area (Å²) in [7, 11) is 1.60. The van der Waals surface area contributed by atoms with E-state index in [9.17, 15) is 23.6 Å². The molecule has 0 spiro atoms. The number of nitrogens with zero attached hydrogens (tertiary/aromatic N) is 4. The number of carbonyl (C=O) groups excluding carboxylic acids is 4. The Balaban J connectivity index is 1.36. The van der Waals surface area contributed by atoms with Gasteiger partial charge < -0.3 is 20.3 Å². The number of esters is 1. The van der Waals surface area contributed by atoms with Crippen LogP contribution in [-0.2, 0) is 22.6 Å². The number of nitrogens with one attached hydrogen (secondary N) is 2. The van der Waals surface area contributed by atoms with Crippen LogP contribution in [0.4, 0.5) is 4.39 Å². The first kappa shape index (κ1) is 20.5. The van der Waals surface area contributed by atoms with Crippen LogP contribution >= 0.6 is 0 Å². The lowest BCUT2D eigenvalue weighted by molar-refractivity contribution is -0.141. The highest BCUT2D eigenvalue weighted by Crippen LogP contribution is 2.26. The summed E-state index contributed by atoms with van der Waals surface area (Å²) in [5.74, 6) is -2.23. The van der Waals surface area contributed by atoms with Gasteiger partial charge in [-0.2, -0.15) is 5.10 Å². The van der Waals surface area contributed by atoms with Crippen LogP contribution in [0, 0.1) is 5.82 Å². The van der Waals surface area contributed by atoms with Gasteiger partial charge in [0.1, 0.15) is 23.2 Å². The molecular weight excluding hydrogens is 435 g/mol. The van der Waals surface area contributed by atoms with Crippen LogP contribution in [0.5, 0.6) is 5.75 Å². The van der Waals surface area contributed by atoms with Gasteiger partial charge in [0.25, 0.3) is 11.8 Å². The molecule has 0 aliphatic carbocycles. The van der Waals surface area contributed by atoms with Gasteiger partial charge in [0, 0.05) is 31.8 Å². The monoisotopic (exact) mass is 452 g/mol. The molecule has 0 bridgehead atoms. The molecule has 2 aliphatic heterocycles. The van der Waals surface area contributed by atoms with Gasteiger partial charge in [0.2, 0.25) is 5.91 Å². The number of likely N-dealkylation sites (tertiary alicyclic amines) is 1. The van der Waals surface area contributed by atoms with Gasteiger partial charge in [-0.05, 0) is 17.7 Å². The van der Waals surface area contributed by atoms with Crippen molar-refractivity contribution in [1.29, 1.82) is 0 Å². The zero-order valence-electron chi connectivity index (χ0n) is 17.3. The van der Waals surface area contributed by atoms with Crippen molar-refractivity contribution in [2.75, 3.05) is 13.6 Å². The van der Waals surface area contributed by atoms with Crippen molar-refractivity contribution >= 4 is 29.3 Å². The highest BCUT2D eigenvalue weighted by Gasteiger charge is 2.35. The minimum atomic E-state index is -0.804. The summed E-state index contributed by atoms with van der Waals surface area (Å²) in [6.45, 7) is 0.455. The van der Waals surface area contributed by atoms with Gasteiger partial charge in [-0.3, -0.25) is 19.2 Å². The van der Waals surface area contributed by atoms with E-state index in [4.69, 9.17) is 4.74 Å². The number of ether oxygens (including phenoxy) is 1. The van der Waals surface area contributed by atoms with Crippen molar-refractivity contribution in [2.24, 2.45) is 0 Å². The smallest absolute Gasteiger partial charge is 0.315 e. The number of carbonyl (C=O) groups is 4. The predicted octanol–water partition coefficient (Wildman–Crippen LogP) is -0.170. The number of benzene rings is 1. The minimum Gasteiger partial charge on any atom is -0.426 e. The SMILES string of the molecule is CN1C[C@H](NC(=O)c2cc(C(=O)NCc3ccc4c(c3)CC(=O)O4)nc3c(F)cnn23)C1=O. The summed E-state index contributed by atoms with van der Waals surface area (Å²) in [5, 5.41) is 9.03. The van der Waals surface area contributed by atoms with E-state index in [-0.39, 0.29) is 41.9 Å². The Labute approximate surface area is 185 Å². The van der Waals surface area contributed by atoms with Crippen molar-refractivity contribution in [3.63, 3.8) is 0 Å². The zero-order valence-corrected chi connectivity index (χ0v) is 17.3. The number of aromatic nitrogens is 3. The Morgan fingerprint density at radius 2 is 2.06 bits per heavy atom. The van der Waals surface area contributed by atoms with Crippen molar-refractivity contribution in [1.82, 2.24) is 30.1 Å². The second-order valence-corrected chi connectivity index (χ2v) is 7.77. The molecular formula is C21H17FN6O5. The maximum atomic E-state index is 14.2. The number of hydrogen-bond donors (Lipinski definition) is 2. The van der Waals surface area contributed by atoms with Crippen LogP contribution in [0.2, 0.25) is 0 Å². The third kappa shape index (κ3) is 3.64. The molecule has 5 rings (SSSR count). The molecule has 1 saturated heterocycles. The van der Waals surface area contributed by atoms with Crippen molar-refractivity contribution in [2.45, 2.75) is 19.0 Å². The standard InChI is InChI=1S/C21H17FN6O5/c1-27-9-14(21(27)32)26-20(31)15-6-13(25-18-12(22)8-24-28(15)18)19(30)23-7-10-2-3-16-11(4-10)5-17(29)33-16/h2-4,6,8,14H,5,7,9H2,1H3,(H,23,30)(H,26,31)/t14-/m0/s1. The molecule has 11 nitrogen and oxygen atoms in total. The van der Waals surface area contributed by atoms with E-state index >= 15 is 0 Å². The molecule has 2 aromatic heterocycles.